The molecule has 0 atom stereocenters. The van der Waals surface area contributed by atoms with Gasteiger partial charge in [-0.3, -0.25) is 4.79 Å². The Labute approximate surface area is 112 Å². The Bertz CT molecular complexity index is 357. The molecule has 0 unspecified atom stereocenters. The van der Waals surface area contributed by atoms with E-state index in [-0.39, 0.29) is 5.91 Å². The fourth-order valence-electron chi connectivity index (χ4n) is 1.34. The third-order valence-corrected chi connectivity index (χ3v) is 3.48. The van der Waals surface area contributed by atoms with Crippen molar-refractivity contribution in [1.82, 2.24) is 5.32 Å². The Morgan fingerprint density at radius 1 is 1.47 bits per heavy atom. The van der Waals surface area contributed by atoms with Gasteiger partial charge in [-0.15, -0.1) is 11.8 Å². The van der Waals surface area contributed by atoms with E-state index in [4.69, 9.17) is 11.6 Å². The molecule has 0 heterocycles. The first-order valence-corrected chi connectivity index (χ1v) is 7.34. The van der Waals surface area contributed by atoms with E-state index in [1.807, 2.05) is 24.3 Å². The van der Waals surface area contributed by atoms with Crippen LogP contribution in [0.2, 0.25) is 5.02 Å². The molecule has 2 nitrogen and oxygen atoms in total. The number of carbonyl (C=O) groups excluding carboxylic acids is 1. The SMILES string of the molecule is CCCCNC(=O)CSCc1cccc(Cl)c1. The highest BCUT2D eigenvalue weighted by Gasteiger charge is 2.01. The molecule has 1 N–H and O–H groups in total. The number of halogens is 1. The van der Waals surface area contributed by atoms with Crippen LogP contribution in [0.1, 0.15) is 25.3 Å². The van der Waals surface area contributed by atoms with Crippen LogP contribution >= 0.6 is 23.4 Å². The van der Waals surface area contributed by atoms with Gasteiger partial charge in [-0.2, -0.15) is 0 Å². The van der Waals surface area contributed by atoms with Gasteiger partial charge in [0.2, 0.25) is 5.91 Å². The van der Waals surface area contributed by atoms with Gasteiger partial charge in [0, 0.05) is 17.3 Å². The molecule has 0 saturated carbocycles. The van der Waals surface area contributed by atoms with E-state index in [0.29, 0.717) is 5.75 Å². The summed E-state index contributed by atoms with van der Waals surface area (Å²) in [7, 11) is 0. The lowest BCUT2D eigenvalue weighted by Crippen LogP contribution is -2.26. The second kappa shape index (κ2) is 8.43. The molecular formula is C13H18ClNOS. The van der Waals surface area contributed by atoms with Gasteiger partial charge in [0.15, 0.2) is 0 Å². The maximum Gasteiger partial charge on any atom is 0.230 e. The topological polar surface area (TPSA) is 29.1 Å². The summed E-state index contributed by atoms with van der Waals surface area (Å²) in [5.74, 6) is 1.45. The number of rotatable bonds is 7. The van der Waals surface area contributed by atoms with Crippen molar-refractivity contribution >= 4 is 29.3 Å². The predicted molar refractivity (Wildman–Crippen MR) is 75.5 cm³/mol. The van der Waals surface area contributed by atoms with E-state index in [2.05, 4.69) is 12.2 Å². The van der Waals surface area contributed by atoms with Gasteiger partial charge < -0.3 is 5.32 Å². The fraction of sp³-hybridized carbons (Fsp3) is 0.462. The van der Waals surface area contributed by atoms with Gasteiger partial charge in [-0.05, 0) is 24.1 Å². The summed E-state index contributed by atoms with van der Waals surface area (Å²) in [4.78, 5) is 11.4. The first-order chi connectivity index (χ1) is 8.22. The minimum atomic E-state index is 0.116. The summed E-state index contributed by atoms with van der Waals surface area (Å²) in [5, 5.41) is 3.64. The van der Waals surface area contributed by atoms with E-state index in [1.54, 1.807) is 11.8 Å². The number of amides is 1. The largest absolute Gasteiger partial charge is 0.355 e. The minimum Gasteiger partial charge on any atom is -0.355 e. The highest BCUT2D eigenvalue weighted by Crippen LogP contribution is 2.16. The smallest absolute Gasteiger partial charge is 0.230 e. The van der Waals surface area contributed by atoms with E-state index >= 15 is 0 Å². The van der Waals surface area contributed by atoms with Crippen LogP contribution in [0.4, 0.5) is 0 Å². The van der Waals surface area contributed by atoms with Crippen LogP contribution in [0, 0.1) is 0 Å². The van der Waals surface area contributed by atoms with E-state index in [1.165, 1.54) is 0 Å². The Morgan fingerprint density at radius 3 is 3.00 bits per heavy atom. The molecule has 0 aliphatic heterocycles. The second-order valence-electron chi connectivity index (χ2n) is 3.83. The van der Waals surface area contributed by atoms with Gasteiger partial charge in [-0.1, -0.05) is 37.1 Å². The lowest BCUT2D eigenvalue weighted by atomic mass is 10.2. The Kier molecular flexibility index (Phi) is 7.13. The van der Waals surface area contributed by atoms with Crippen LogP contribution in [0.25, 0.3) is 0 Å². The van der Waals surface area contributed by atoms with E-state index in [9.17, 15) is 4.79 Å². The molecule has 4 heteroatoms. The summed E-state index contributed by atoms with van der Waals surface area (Å²) in [5.41, 5.74) is 1.16. The number of unbranched alkanes of at least 4 members (excludes halogenated alkanes) is 1. The van der Waals surface area contributed by atoms with Crippen molar-refractivity contribution in [2.24, 2.45) is 0 Å². The van der Waals surface area contributed by atoms with Gasteiger partial charge in [0.1, 0.15) is 0 Å². The first-order valence-electron chi connectivity index (χ1n) is 5.81. The average Bonchev–Trinajstić information content (AvgIpc) is 2.29. The molecule has 1 amide bonds. The molecule has 0 aliphatic carbocycles. The average molecular weight is 272 g/mol. The number of nitrogens with one attached hydrogen (secondary N) is 1. The van der Waals surface area contributed by atoms with Gasteiger partial charge in [0.05, 0.1) is 5.75 Å². The van der Waals surface area contributed by atoms with Crippen LogP contribution in [0.15, 0.2) is 24.3 Å². The molecule has 0 radical (unpaired) electrons. The summed E-state index contributed by atoms with van der Waals surface area (Å²) in [6.07, 6.45) is 2.15. The quantitative estimate of drug-likeness (QED) is 0.769. The number of benzene rings is 1. The third-order valence-electron chi connectivity index (χ3n) is 2.24. The zero-order valence-corrected chi connectivity index (χ0v) is 11.6. The van der Waals surface area contributed by atoms with Crippen molar-refractivity contribution < 1.29 is 4.79 Å². The lowest BCUT2D eigenvalue weighted by molar-refractivity contribution is -0.118. The second-order valence-corrected chi connectivity index (χ2v) is 5.25. The van der Waals surface area contributed by atoms with Crippen LogP contribution in [-0.4, -0.2) is 18.2 Å². The van der Waals surface area contributed by atoms with Crippen LogP contribution < -0.4 is 5.32 Å². The minimum absolute atomic E-state index is 0.116. The molecule has 1 aromatic rings. The van der Waals surface area contributed by atoms with Crippen molar-refractivity contribution in [3.63, 3.8) is 0 Å². The van der Waals surface area contributed by atoms with Gasteiger partial charge >= 0.3 is 0 Å². The van der Waals surface area contributed by atoms with E-state index in [0.717, 1.165) is 35.7 Å². The van der Waals surface area contributed by atoms with Crippen LogP contribution in [0.5, 0.6) is 0 Å². The number of hydrogen-bond acceptors (Lipinski definition) is 2. The molecule has 0 aliphatic rings. The number of hydrogen-bond donors (Lipinski definition) is 1. The Hall–Kier alpha value is -0.670. The molecule has 0 spiro atoms. The first kappa shape index (κ1) is 14.4. The molecule has 1 rings (SSSR count). The van der Waals surface area contributed by atoms with Crippen molar-refractivity contribution in [2.45, 2.75) is 25.5 Å². The predicted octanol–water partition coefficient (Wildman–Crippen LogP) is 3.49. The van der Waals surface area contributed by atoms with Crippen LogP contribution in [-0.2, 0) is 10.5 Å². The third kappa shape index (κ3) is 6.59. The monoisotopic (exact) mass is 271 g/mol. The maximum atomic E-state index is 11.4. The van der Waals surface area contributed by atoms with Crippen molar-refractivity contribution in [3.8, 4) is 0 Å². The number of thioether (sulfide) groups is 1. The molecule has 94 valence electrons. The van der Waals surface area contributed by atoms with Crippen molar-refractivity contribution in [1.29, 1.82) is 0 Å². The van der Waals surface area contributed by atoms with E-state index < -0.39 is 0 Å². The zero-order valence-electron chi connectivity index (χ0n) is 10.0. The standard InChI is InChI=1S/C13H18ClNOS/c1-2-3-7-15-13(16)10-17-9-11-5-4-6-12(14)8-11/h4-6,8H,2-3,7,9-10H2,1H3,(H,15,16). The number of carbonyl (C=O) groups is 1. The maximum absolute atomic E-state index is 11.4. The van der Waals surface area contributed by atoms with Crippen molar-refractivity contribution in [3.05, 3.63) is 34.9 Å². The summed E-state index contributed by atoms with van der Waals surface area (Å²) >= 11 is 7.49. The van der Waals surface area contributed by atoms with Gasteiger partial charge in [0.25, 0.3) is 0 Å². The summed E-state index contributed by atoms with van der Waals surface area (Å²) in [6, 6.07) is 7.74. The molecule has 0 bridgehead atoms. The molecule has 17 heavy (non-hydrogen) atoms. The molecule has 0 saturated heterocycles. The molecule has 0 aromatic heterocycles. The van der Waals surface area contributed by atoms with Crippen LogP contribution in [0.3, 0.4) is 0 Å². The summed E-state index contributed by atoms with van der Waals surface area (Å²) < 4.78 is 0. The van der Waals surface area contributed by atoms with Crippen molar-refractivity contribution in [2.75, 3.05) is 12.3 Å². The molecular weight excluding hydrogens is 254 g/mol. The molecule has 1 aromatic carbocycles. The Morgan fingerprint density at radius 2 is 2.29 bits per heavy atom. The highest BCUT2D eigenvalue weighted by molar-refractivity contribution is 7.99. The summed E-state index contributed by atoms with van der Waals surface area (Å²) in [6.45, 7) is 2.90. The fourth-order valence-corrected chi connectivity index (χ4v) is 2.36. The van der Waals surface area contributed by atoms with Gasteiger partial charge in [-0.25, -0.2) is 0 Å². The lowest BCUT2D eigenvalue weighted by Gasteiger charge is -2.04. The highest BCUT2D eigenvalue weighted by atomic mass is 35.5. The molecule has 0 fully saturated rings. The Balaban J connectivity index is 2.17. The zero-order chi connectivity index (χ0) is 12.5. The normalized spacial score (nSPS) is 10.2.